The first kappa shape index (κ1) is 13.6. The molecule has 19 heavy (non-hydrogen) atoms. The lowest BCUT2D eigenvalue weighted by atomic mass is 9.85. The normalized spacial score (nSPS) is 18.9. The van der Waals surface area contributed by atoms with Crippen LogP contribution in [-0.4, -0.2) is 21.6 Å². The number of rotatable bonds is 2. The Morgan fingerprint density at radius 1 is 1.37 bits per heavy atom. The van der Waals surface area contributed by atoms with E-state index in [0.717, 1.165) is 44.2 Å². The Labute approximate surface area is 113 Å². The summed E-state index contributed by atoms with van der Waals surface area (Å²) in [5.74, 6) is -0.201. The fraction of sp³-hybridized carbons (Fsp3) is 0.643. The minimum absolute atomic E-state index is 0.201. The van der Waals surface area contributed by atoms with Gasteiger partial charge in [0.2, 0.25) is 0 Å². The summed E-state index contributed by atoms with van der Waals surface area (Å²) in [5.41, 5.74) is 0.550. The number of nitrogens with zero attached hydrogens (tertiary/aromatic N) is 2. The molecule has 0 radical (unpaired) electrons. The van der Waals surface area contributed by atoms with Gasteiger partial charge in [-0.3, -0.25) is 9.89 Å². The predicted molar refractivity (Wildman–Crippen MR) is 71.5 cm³/mol. The molecule has 1 heterocycles. The molecule has 0 spiro atoms. The van der Waals surface area contributed by atoms with Gasteiger partial charge in [0.05, 0.1) is 17.8 Å². The molecule has 1 aliphatic carbocycles. The van der Waals surface area contributed by atoms with E-state index >= 15 is 0 Å². The van der Waals surface area contributed by atoms with Crippen LogP contribution in [0.25, 0.3) is 0 Å². The van der Waals surface area contributed by atoms with Gasteiger partial charge in [0, 0.05) is 5.69 Å². The van der Waals surface area contributed by atoms with Crippen LogP contribution < -0.4 is 5.32 Å². The van der Waals surface area contributed by atoms with Gasteiger partial charge in [-0.15, -0.1) is 0 Å². The van der Waals surface area contributed by atoms with Gasteiger partial charge in [-0.1, -0.05) is 32.1 Å². The molecule has 5 nitrogen and oxygen atoms in total. The molecule has 0 aromatic carbocycles. The summed E-state index contributed by atoms with van der Waals surface area (Å²) in [5, 5.41) is 19.0. The Morgan fingerprint density at radius 3 is 2.53 bits per heavy atom. The highest BCUT2D eigenvalue weighted by atomic mass is 16.1. The Hall–Kier alpha value is -1.83. The molecular weight excluding hydrogens is 240 g/mol. The molecule has 0 saturated heterocycles. The summed E-state index contributed by atoms with van der Waals surface area (Å²) in [6.07, 6.45) is 8.51. The van der Waals surface area contributed by atoms with Crippen molar-refractivity contribution in [3.63, 3.8) is 0 Å². The third-order valence-corrected chi connectivity index (χ3v) is 3.85. The second kappa shape index (κ2) is 5.87. The number of aromatic amines is 1. The van der Waals surface area contributed by atoms with Crippen molar-refractivity contribution in [3.05, 3.63) is 17.5 Å². The number of nitrogens with one attached hydrogen (secondary N) is 2. The predicted octanol–water partition coefficient (Wildman–Crippen LogP) is 2.45. The third kappa shape index (κ3) is 3.14. The zero-order chi connectivity index (χ0) is 13.7. The fourth-order valence-corrected chi connectivity index (χ4v) is 2.64. The molecule has 2 rings (SSSR count). The van der Waals surface area contributed by atoms with Crippen LogP contribution in [0.1, 0.15) is 61.0 Å². The highest BCUT2D eigenvalue weighted by molar-refractivity contribution is 5.95. The topological polar surface area (TPSA) is 81.6 Å². The first-order valence-electron chi connectivity index (χ1n) is 6.91. The van der Waals surface area contributed by atoms with E-state index in [-0.39, 0.29) is 5.91 Å². The van der Waals surface area contributed by atoms with Gasteiger partial charge in [0.1, 0.15) is 5.54 Å². The number of nitriles is 1. The number of amides is 1. The summed E-state index contributed by atoms with van der Waals surface area (Å²) < 4.78 is 0. The molecule has 1 aliphatic rings. The van der Waals surface area contributed by atoms with Gasteiger partial charge >= 0.3 is 0 Å². The molecule has 0 bridgehead atoms. The van der Waals surface area contributed by atoms with Crippen LogP contribution >= 0.6 is 0 Å². The maximum absolute atomic E-state index is 12.2. The fourth-order valence-electron chi connectivity index (χ4n) is 2.64. The smallest absolute Gasteiger partial charge is 0.255 e. The molecule has 1 amide bonds. The van der Waals surface area contributed by atoms with E-state index in [1.54, 1.807) is 6.92 Å². The molecule has 1 fully saturated rings. The minimum atomic E-state index is -0.707. The van der Waals surface area contributed by atoms with Crippen molar-refractivity contribution in [1.82, 2.24) is 15.5 Å². The van der Waals surface area contributed by atoms with Gasteiger partial charge in [-0.25, -0.2) is 0 Å². The molecule has 1 saturated carbocycles. The molecule has 102 valence electrons. The first-order valence-corrected chi connectivity index (χ1v) is 6.91. The molecule has 0 unspecified atom stereocenters. The van der Waals surface area contributed by atoms with Crippen molar-refractivity contribution >= 4 is 5.91 Å². The van der Waals surface area contributed by atoms with Crippen LogP contribution in [0.15, 0.2) is 6.20 Å². The van der Waals surface area contributed by atoms with Crippen LogP contribution in [0.3, 0.4) is 0 Å². The van der Waals surface area contributed by atoms with E-state index in [0.29, 0.717) is 5.56 Å². The number of H-pyrrole nitrogens is 1. The Bertz CT molecular complexity index is 478. The molecule has 1 aromatic rings. The molecule has 0 atom stereocenters. The van der Waals surface area contributed by atoms with Crippen molar-refractivity contribution in [2.75, 3.05) is 0 Å². The summed E-state index contributed by atoms with van der Waals surface area (Å²) in [6, 6.07) is 2.33. The van der Waals surface area contributed by atoms with Crippen LogP contribution in [0.5, 0.6) is 0 Å². The lowest BCUT2D eigenvalue weighted by molar-refractivity contribution is 0.0907. The first-order chi connectivity index (χ1) is 9.17. The standard InChI is InChI=1S/C14H20N4O/c1-11-12(9-16-18-11)13(19)17-14(10-15)7-5-3-2-4-6-8-14/h9H,2-8H2,1H3,(H,16,18)(H,17,19). The molecule has 5 heteroatoms. The van der Waals surface area contributed by atoms with E-state index < -0.39 is 5.54 Å². The van der Waals surface area contributed by atoms with Crippen LogP contribution in [0, 0.1) is 18.3 Å². The second-order valence-electron chi connectivity index (χ2n) is 5.32. The third-order valence-electron chi connectivity index (χ3n) is 3.85. The van der Waals surface area contributed by atoms with Gasteiger partial charge < -0.3 is 5.32 Å². The SMILES string of the molecule is Cc1[nH]ncc1C(=O)NC1(C#N)CCCCCCC1. The number of hydrogen-bond acceptors (Lipinski definition) is 3. The van der Waals surface area contributed by atoms with E-state index in [1.165, 1.54) is 12.6 Å². The van der Waals surface area contributed by atoms with Gasteiger partial charge in [0.15, 0.2) is 0 Å². The van der Waals surface area contributed by atoms with E-state index in [1.807, 2.05) is 0 Å². The van der Waals surface area contributed by atoms with Crippen molar-refractivity contribution in [2.45, 2.75) is 57.4 Å². The highest BCUT2D eigenvalue weighted by Gasteiger charge is 2.32. The Balaban J connectivity index is 2.11. The summed E-state index contributed by atoms with van der Waals surface area (Å²) >= 11 is 0. The zero-order valence-corrected chi connectivity index (χ0v) is 11.3. The van der Waals surface area contributed by atoms with Crippen molar-refractivity contribution in [3.8, 4) is 6.07 Å². The molecular formula is C14H20N4O. The molecule has 0 aliphatic heterocycles. The van der Waals surface area contributed by atoms with Crippen LogP contribution in [-0.2, 0) is 0 Å². The molecule has 1 aromatic heterocycles. The summed E-state index contributed by atoms with van der Waals surface area (Å²) in [6.45, 7) is 1.80. The lowest BCUT2D eigenvalue weighted by Gasteiger charge is -2.29. The van der Waals surface area contributed by atoms with Crippen LogP contribution in [0.4, 0.5) is 0 Å². The Morgan fingerprint density at radius 2 is 2.00 bits per heavy atom. The number of aryl methyl sites for hydroxylation is 1. The van der Waals surface area contributed by atoms with Crippen molar-refractivity contribution < 1.29 is 4.79 Å². The number of hydrogen-bond donors (Lipinski definition) is 2. The average molecular weight is 260 g/mol. The minimum Gasteiger partial charge on any atom is -0.334 e. The maximum Gasteiger partial charge on any atom is 0.255 e. The van der Waals surface area contributed by atoms with Gasteiger partial charge in [0.25, 0.3) is 5.91 Å². The average Bonchev–Trinajstić information content (AvgIpc) is 2.79. The van der Waals surface area contributed by atoms with Crippen LogP contribution in [0.2, 0.25) is 0 Å². The number of carbonyl (C=O) groups is 1. The van der Waals surface area contributed by atoms with E-state index in [2.05, 4.69) is 21.6 Å². The van der Waals surface area contributed by atoms with Gasteiger partial charge in [-0.2, -0.15) is 10.4 Å². The summed E-state index contributed by atoms with van der Waals surface area (Å²) in [4.78, 5) is 12.2. The lowest BCUT2D eigenvalue weighted by Crippen LogP contribution is -2.47. The highest BCUT2D eigenvalue weighted by Crippen LogP contribution is 2.26. The molecule has 2 N–H and O–H groups in total. The maximum atomic E-state index is 12.2. The summed E-state index contributed by atoms with van der Waals surface area (Å²) in [7, 11) is 0. The second-order valence-corrected chi connectivity index (χ2v) is 5.32. The van der Waals surface area contributed by atoms with Gasteiger partial charge in [-0.05, 0) is 19.8 Å². The van der Waals surface area contributed by atoms with Crippen molar-refractivity contribution in [2.24, 2.45) is 0 Å². The number of carbonyl (C=O) groups excluding carboxylic acids is 1. The monoisotopic (exact) mass is 260 g/mol. The van der Waals surface area contributed by atoms with E-state index in [9.17, 15) is 10.1 Å². The van der Waals surface area contributed by atoms with E-state index in [4.69, 9.17) is 0 Å². The number of aromatic nitrogens is 2. The quantitative estimate of drug-likeness (QED) is 0.857. The Kier molecular flexibility index (Phi) is 4.20. The zero-order valence-electron chi connectivity index (χ0n) is 11.3. The largest absolute Gasteiger partial charge is 0.334 e. The van der Waals surface area contributed by atoms with Crippen molar-refractivity contribution in [1.29, 1.82) is 5.26 Å².